The Bertz CT molecular complexity index is 398. The van der Waals surface area contributed by atoms with E-state index in [0.717, 1.165) is 24.8 Å². The van der Waals surface area contributed by atoms with Gasteiger partial charge >= 0.3 is 0 Å². The fourth-order valence-corrected chi connectivity index (χ4v) is 3.35. The molecule has 1 aliphatic carbocycles. The maximum atomic E-state index is 5.73. The van der Waals surface area contributed by atoms with Gasteiger partial charge < -0.3 is 10.1 Å². The zero-order valence-corrected chi connectivity index (χ0v) is 11.2. The van der Waals surface area contributed by atoms with Gasteiger partial charge in [0, 0.05) is 24.1 Å². The molecule has 1 N–H and O–H groups in total. The first-order valence-corrected chi connectivity index (χ1v) is 7.29. The summed E-state index contributed by atoms with van der Waals surface area (Å²) in [6.07, 6.45) is 5.66. The minimum Gasteiger partial charge on any atom is -0.493 e. The van der Waals surface area contributed by atoms with Crippen LogP contribution in [0.4, 0.5) is 0 Å². The molecule has 1 aliphatic heterocycles. The molecule has 2 nitrogen and oxygen atoms in total. The minimum absolute atomic E-state index is 0.532. The predicted molar refractivity (Wildman–Crippen MR) is 74.1 cm³/mol. The van der Waals surface area contributed by atoms with Gasteiger partial charge in [0.2, 0.25) is 0 Å². The van der Waals surface area contributed by atoms with Crippen LogP contribution in [0.1, 0.15) is 44.1 Å². The molecule has 2 heteroatoms. The largest absolute Gasteiger partial charge is 0.493 e. The topological polar surface area (TPSA) is 21.3 Å². The van der Waals surface area contributed by atoms with E-state index in [-0.39, 0.29) is 0 Å². The Balaban J connectivity index is 1.55. The van der Waals surface area contributed by atoms with Crippen molar-refractivity contribution in [1.29, 1.82) is 0 Å². The summed E-state index contributed by atoms with van der Waals surface area (Å²) < 4.78 is 5.73. The second-order valence-corrected chi connectivity index (χ2v) is 5.79. The summed E-state index contributed by atoms with van der Waals surface area (Å²) in [6, 6.07) is 9.10. The van der Waals surface area contributed by atoms with Gasteiger partial charge in [-0.3, -0.25) is 0 Å². The number of para-hydroxylation sites is 1. The summed E-state index contributed by atoms with van der Waals surface area (Å²) in [5, 5.41) is 3.73. The fraction of sp³-hybridized carbons (Fsp3) is 0.625. The fourth-order valence-electron chi connectivity index (χ4n) is 3.35. The maximum Gasteiger partial charge on any atom is 0.122 e. The lowest BCUT2D eigenvalue weighted by atomic mass is 9.97. The molecule has 0 radical (unpaired) electrons. The van der Waals surface area contributed by atoms with Crippen molar-refractivity contribution in [3.05, 3.63) is 29.8 Å². The zero-order valence-electron chi connectivity index (χ0n) is 11.2. The van der Waals surface area contributed by atoms with Crippen molar-refractivity contribution in [2.75, 3.05) is 13.2 Å². The first-order valence-electron chi connectivity index (χ1n) is 7.29. The molecule has 0 saturated heterocycles. The molecule has 0 bridgehead atoms. The molecule has 1 fully saturated rings. The smallest absolute Gasteiger partial charge is 0.122 e. The van der Waals surface area contributed by atoms with Gasteiger partial charge in [-0.15, -0.1) is 0 Å². The third-order valence-corrected chi connectivity index (χ3v) is 4.59. The minimum atomic E-state index is 0.532. The monoisotopic (exact) mass is 245 g/mol. The Hall–Kier alpha value is -1.02. The van der Waals surface area contributed by atoms with Gasteiger partial charge in [-0.2, -0.15) is 0 Å². The molecule has 2 aliphatic rings. The van der Waals surface area contributed by atoms with Crippen molar-refractivity contribution in [3.63, 3.8) is 0 Å². The maximum absolute atomic E-state index is 5.73. The molecule has 0 aromatic heterocycles. The van der Waals surface area contributed by atoms with Crippen molar-refractivity contribution in [1.82, 2.24) is 5.32 Å². The SMILES string of the molecule is CC(NCC1COc2ccccc21)C1CCCC1. The lowest BCUT2D eigenvalue weighted by Crippen LogP contribution is -2.35. The van der Waals surface area contributed by atoms with Crippen LogP contribution in [0.25, 0.3) is 0 Å². The summed E-state index contributed by atoms with van der Waals surface area (Å²) >= 11 is 0. The molecular formula is C16H23NO. The molecule has 2 atom stereocenters. The van der Waals surface area contributed by atoms with Crippen LogP contribution in [0.2, 0.25) is 0 Å². The molecule has 2 unspecified atom stereocenters. The van der Waals surface area contributed by atoms with Crippen LogP contribution in [-0.4, -0.2) is 19.2 Å². The summed E-state index contributed by atoms with van der Waals surface area (Å²) in [4.78, 5) is 0. The number of hydrogen-bond donors (Lipinski definition) is 1. The third kappa shape index (κ3) is 2.39. The molecule has 0 amide bonds. The highest BCUT2D eigenvalue weighted by atomic mass is 16.5. The number of fused-ring (bicyclic) bond motifs is 1. The molecule has 0 spiro atoms. The number of benzene rings is 1. The van der Waals surface area contributed by atoms with Gasteiger partial charge in [0.15, 0.2) is 0 Å². The Labute approximate surface area is 110 Å². The number of hydrogen-bond acceptors (Lipinski definition) is 2. The molecule has 1 aromatic rings. The van der Waals surface area contributed by atoms with Crippen LogP contribution in [0.15, 0.2) is 24.3 Å². The van der Waals surface area contributed by atoms with Crippen molar-refractivity contribution in [2.24, 2.45) is 5.92 Å². The van der Waals surface area contributed by atoms with Crippen molar-refractivity contribution in [2.45, 2.75) is 44.6 Å². The second-order valence-electron chi connectivity index (χ2n) is 5.79. The number of rotatable bonds is 4. The zero-order chi connectivity index (χ0) is 12.4. The molecule has 18 heavy (non-hydrogen) atoms. The van der Waals surface area contributed by atoms with E-state index in [0.29, 0.717) is 12.0 Å². The van der Waals surface area contributed by atoms with E-state index in [1.54, 1.807) is 0 Å². The van der Waals surface area contributed by atoms with Crippen LogP contribution in [0.3, 0.4) is 0 Å². The van der Waals surface area contributed by atoms with E-state index in [1.165, 1.54) is 31.2 Å². The van der Waals surface area contributed by atoms with E-state index in [9.17, 15) is 0 Å². The lowest BCUT2D eigenvalue weighted by molar-refractivity contribution is 0.311. The van der Waals surface area contributed by atoms with E-state index in [4.69, 9.17) is 4.74 Å². The Morgan fingerprint density at radius 1 is 1.28 bits per heavy atom. The highest BCUT2D eigenvalue weighted by molar-refractivity contribution is 5.39. The Morgan fingerprint density at radius 2 is 2.06 bits per heavy atom. The molecule has 98 valence electrons. The molecule has 1 saturated carbocycles. The first-order chi connectivity index (χ1) is 8.84. The molecule has 1 heterocycles. The number of ether oxygens (including phenoxy) is 1. The van der Waals surface area contributed by atoms with Crippen LogP contribution in [-0.2, 0) is 0 Å². The quantitative estimate of drug-likeness (QED) is 0.878. The van der Waals surface area contributed by atoms with Crippen molar-refractivity contribution >= 4 is 0 Å². The van der Waals surface area contributed by atoms with Gasteiger partial charge in [-0.05, 0) is 31.7 Å². The van der Waals surface area contributed by atoms with Crippen molar-refractivity contribution < 1.29 is 4.74 Å². The molecule has 3 rings (SSSR count). The van der Waals surface area contributed by atoms with Gasteiger partial charge in [0.25, 0.3) is 0 Å². The van der Waals surface area contributed by atoms with Gasteiger partial charge in [-0.1, -0.05) is 31.0 Å². The van der Waals surface area contributed by atoms with Gasteiger partial charge in [0.05, 0.1) is 6.61 Å². The van der Waals surface area contributed by atoms with Crippen molar-refractivity contribution in [3.8, 4) is 5.75 Å². The highest BCUT2D eigenvalue weighted by Gasteiger charge is 2.26. The van der Waals surface area contributed by atoms with Crippen LogP contribution >= 0.6 is 0 Å². The average molecular weight is 245 g/mol. The average Bonchev–Trinajstić information content (AvgIpc) is 3.06. The van der Waals surface area contributed by atoms with E-state index in [2.05, 4.69) is 36.5 Å². The van der Waals surface area contributed by atoms with E-state index in [1.807, 2.05) is 0 Å². The van der Waals surface area contributed by atoms with Gasteiger partial charge in [0.1, 0.15) is 5.75 Å². The van der Waals surface area contributed by atoms with Crippen LogP contribution < -0.4 is 10.1 Å². The van der Waals surface area contributed by atoms with E-state index >= 15 is 0 Å². The van der Waals surface area contributed by atoms with Crippen LogP contribution in [0.5, 0.6) is 5.75 Å². The Morgan fingerprint density at radius 3 is 2.89 bits per heavy atom. The second kappa shape index (κ2) is 5.31. The van der Waals surface area contributed by atoms with Gasteiger partial charge in [-0.25, -0.2) is 0 Å². The Kier molecular flexibility index (Phi) is 3.55. The standard InChI is InChI=1S/C16H23NO/c1-12(13-6-2-3-7-13)17-10-14-11-18-16-9-5-4-8-15(14)16/h4-5,8-9,12-14,17H,2-3,6-7,10-11H2,1H3. The first kappa shape index (κ1) is 12.0. The molecular weight excluding hydrogens is 222 g/mol. The predicted octanol–water partition coefficient (Wildman–Crippen LogP) is 3.33. The molecule has 1 aromatic carbocycles. The van der Waals surface area contributed by atoms with E-state index < -0.39 is 0 Å². The summed E-state index contributed by atoms with van der Waals surface area (Å²) in [5.74, 6) is 2.51. The third-order valence-electron chi connectivity index (χ3n) is 4.59. The summed E-state index contributed by atoms with van der Waals surface area (Å²) in [5.41, 5.74) is 1.38. The van der Waals surface area contributed by atoms with Crippen LogP contribution in [0, 0.1) is 5.92 Å². The lowest BCUT2D eigenvalue weighted by Gasteiger charge is -2.22. The summed E-state index contributed by atoms with van der Waals surface area (Å²) in [6.45, 7) is 4.23. The number of nitrogens with one attached hydrogen (secondary N) is 1. The highest BCUT2D eigenvalue weighted by Crippen LogP contribution is 2.33. The normalized spacial score (nSPS) is 24.8. The summed E-state index contributed by atoms with van der Waals surface area (Å²) in [7, 11) is 0.